The molecule has 6 nitrogen and oxygen atoms in total. The molecule has 0 radical (unpaired) electrons. The molecule has 0 atom stereocenters. The minimum Gasteiger partial charge on any atom is -0.345 e. The molecule has 3 rings (SSSR count). The highest BCUT2D eigenvalue weighted by Gasteiger charge is 2.45. The topological polar surface area (TPSA) is 78.7 Å². The monoisotopic (exact) mass is 388 g/mol. The molecule has 2 amide bonds. The Morgan fingerprint density at radius 2 is 1.64 bits per heavy atom. The quantitative estimate of drug-likeness (QED) is 0.780. The second kappa shape index (κ2) is 9.38. The zero-order chi connectivity index (χ0) is 16.3. The van der Waals surface area contributed by atoms with Crippen LogP contribution in [0.1, 0.15) is 18.4 Å². The fraction of sp³-hybridized carbons (Fsp3) is 0.529. The van der Waals surface area contributed by atoms with E-state index < -0.39 is 5.54 Å². The summed E-state index contributed by atoms with van der Waals surface area (Å²) in [6.45, 7) is 4.08. The molecule has 25 heavy (non-hydrogen) atoms. The molecule has 1 saturated heterocycles. The number of nitrogens with two attached hydrogens (primary N) is 1. The number of carbonyl (C=O) groups excluding carboxylic acids is 2. The van der Waals surface area contributed by atoms with Crippen molar-refractivity contribution in [3.63, 3.8) is 0 Å². The van der Waals surface area contributed by atoms with Crippen LogP contribution in [0, 0.1) is 0 Å². The first-order valence-electron chi connectivity index (χ1n) is 8.18. The van der Waals surface area contributed by atoms with Crippen LogP contribution in [0.15, 0.2) is 30.3 Å². The summed E-state index contributed by atoms with van der Waals surface area (Å²) in [6, 6.07) is 10.3. The molecule has 1 aliphatic carbocycles. The van der Waals surface area contributed by atoms with Crippen LogP contribution in [0.5, 0.6) is 0 Å². The molecule has 2 aliphatic rings. The summed E-state index contributed by atoms with van der Waals surface area (Å²) < 4.78 is 0. The van der Waals surface area contributed by atoms with Gasteiger partial charge in [0.2, 0.25) is 11.8 Å². The Morgan fingerprint density at radius 1 is 1.04 bits per heavy atom. The smallest absolute Gasteiger partial charge is 0.242 e. The average Bonchev–Trinajstić information content (AvgIpc) is 3.33. The van der Waals surface area contributed by atoms with Gasteiger partial charge < -0.3 is 16.0 Å². The van der Waals surface area contributed by atoms with Gasteiger partial charge in [0, 0.05) is 32.7 Å². The van der Waals surface area contributed by atoms with Crippen LogP contribution in [0.25, 0.3) is 0 Å². The van der Waals surface area contributed by atoms with Gasteiger partial charge in [-0.05, 0) is 18.4 Å². The number of rotatable bonds is 5. The Labute approximate surface area is 160 Å². The first-order chi connectivity index (χ1) is 11.1. The third-order valence-corrected chi connectivity index (χ3v) is 4.62. The molecule has 3 N–H and O–H groups in total. The summed E-state index contributed by atoms with van der Waals surface area (Å²) in [5.41, 5.74) is 6.38. The van der Waals surface area contributed by atoms with Crippen LogP contribution in [0.4, 0.5) is 0 Å². The van der Waals surface area contributed by atoms with Crippen LogP contribution in [-0.2, 0) is 16.1 Å². The van der Waals surface area contributed by atoms with Crippen molar-refractivity contribution < 1.29 is 9.59 Å². The maximum absolute atomic E-state index is 12.2. The summed E-state index contributed by atoms with van der Waals surface area (Å²) in [4.78, 5) is 28.1. The van der Waals surface area contributed by atoms with Gasteiger partial charge in [-0.15, -0.1) is 24.8 Å². The number of piperazine rings is 1. The van der Waals surface area contributed by atoms with Crippen LogP contribution >= 0.6 is 24.8 Å². The minimum atomic E-state index is -0.714. The Balaban J connectivity index is 0.00000156. The summed E-state index contributed by atoms with van der Waals surface area (Å²) >= 11 is 0. The molecular weight excluding hydrogens is 363 g/mol. The maximum Gasteiger partial charge on any atom is 0.242 e. The van der Waals surface area contributed by atoms with Gasteiger partial charge in [0.15, 0.2) is 0 Å². The Hall–Kier alpha value is -1.34. The van der Waals surface area contributed by atoms with Gasteiger partial charge in [-0.1, -0.05) is 30.3 Å². The number of carbonyl (C=O) groups is 2. The number of nitrogens with one attached hydrogen (secondary N) is 1. The van der Waals surface area contributed by atoms with Gasteiger partial charge in [-0.2, -0.15) is 0 Å². The van der Waals surface area contributed by atoms with E-state index in [0.717, 1.165) is 19.6 Å². The Bertz CT molecular complexity index is 573. The second-order valence-electron chi connectivity index (χ2n) is 6.48. The van der Waals surface area contributed by atoms with Crippen molar-refractivity contribution in [3.8, 4) is 0 Å². The van der Waals surface area contributed by atoms with Gasteiger partial charge in [0.05, 0.1) is 12.1 Å². The molecule has 1 aromatic carbocycles. The molecule has 0 unspecified atom stereocenters. The molecule has 1 aromatic rings. The van der Waals surface area contributed by atoms with E-state index in [9.17, 15) is 9.59 Å². The van der Waals surface area contributed by atoms with Crippen molar-refractivity contribution in [2.75, 3.05) is 32.7 Å². The van der Waals surface area contributed by atoms with Gasteiger partial charge in [0.1, 0.15) is 0 Å². The van der Waals surface area contributed by atoms with E-state index in [4.69, 9.17) is 5.73 Å². The molecule has 0 bridgehead atoms. The molecule has 140 valence electrons. The van der Waals surface area contributed by atoms with Crippen LogP contribution in [-0.4, -0.2) is 59.9 Å². The normalized spacial score (nSPS) is 18.5. The molecule has 1 aliphatic heterocycles. The largest absolute Gasteiger partial charge is 0.345 e. The van der Waals surface area contributed by atoms with Gasteiger partial charge >= 0.3 is 0 Å². The van der Waals surface area contributed by atoms with Crippen molar-refractivity contribution in [1.82, 2.24) is 15.1 Å². The maximum atomic E-state index is 12.2. The van der Waals surface area contributed by atoms with E-state index in [2.05, 4.69) is 22.3 Å². The van der Waals surface area contributed by atoms with Gasteiger partial charge in [0.25, 0.3) is 0 Å². The number of nitrogens with zero attached hydrogens (tertiary/aromatic N) is 2. The minimum absolute atomic E-state index is 0. The Kier molecular flexibility index (Phi) is 8.15. The molecule has 1 heterocycles. The molecule has 1 saturated carbocycles. The van der Waals surface area contributed by atoms with Crippen molar-refractivity contribution >= 4 is 36.6 Å². The number of halogens is 2. The van der Waals surface area contributed by atoms with E-state index >= 15 is 0 Å². The first-order valence-corrected chi connectivity index (χ1v) is 8.18. The van der Waals surface area contributed by atoms with Gasteiger partial charge in [-0.3, -0.25) is 14.5 Å². The summed E-state index contributed by atoms with van der Waals surface area (Å²) in [6.07, 6.45) is 1.43. The third-order valence-electron chi connectivity index (χ3n) is 4.62. The lowest BCUT2D eigenvalue weighted by molar-refractivity contribution is -0.134. The predicted molar refractivity (Wildman–Crippen MR) is 102 cm³/mol. The summed E-state index contributed by atoms with van der Waals surface area (Å²) in [7, 11) is 0. The van der Waals surface area contributed by atoms with E-state index in [-0.39, 0.29) is 43.2 Å². The standard InChI is InChI=1S/C17H24N4O2.2ClH/c18-17(6-7-17)16(23)19-12-15(22)21-10-8-20(9-11-21)13-14-4-2-1-3-5-14;;/h1-5H,6-13,18H2,(H,19,23);2*1H. The predicted octanol–water partition coefficient (Wildman–Crippen LogP) is 0.782. The zero-order valence-electron chi connectivity index (χ0n) is 14.1. The average molecular weight is 389 g/mol. The van der Waals surface area contributed by atoms with Crippen molar-refractivity contribution in [2.24, 2.45) is 5.73 Å². The third kappa shape index (κ3) is 5.85. The fourth-order valence-electron chi connectivity index (χ4n) is 2.80. The van der Waals surface area contributed by atoms with Crippen molar-refractivity contribution in [3.05, 3.63) is 35.9 Å². The summed E-state index contributed by atoms with van der Waals surface area (Å²) in [5.74, 6) is -0.226. The zero-order valence-corrected chi connectivity index (χ0v) is 15.8. The van der Waals surface area contributed by atoms with Crippen molar-refractivity contribution in [1.29, 1.82) is 0 Å². The van der Waals surface area contributed by atoms with E-state index in [1.807, 2.05) is 23.1 Å². The number of benzene rings is 1. The number of amides is 2. The number of hydrogen-bond donors (Lipinski definition) is 2. The number of hydrogen-bond acceptors (Lipinski definition) is 4. The van der Waals surface area contributed by atoms with E-state index in [1.165, 1.54) is 5.56 Å². The van der Waals surface area contributed by atoms with E-state index in [1.54, 1.807) is 0 Å². The van der Waals surface area contributed by atoms with E-state index in [0.29, 0.717) is 25.9 Å². The first kappa shape index (κ1) is 21.7. The highest BCUT2D eigenvalue weighted by atomic mass is 35.5. The lowest BCUT2D eigenvalue weighted by Gasteiger charge is -2.34. The Morgan fingerprint density at radius 3 is 2.20 bits per heavy atom. The van der Waals surface area contributed by atoms with Crippen LogP contribution < -0.4 is 11.1 Å². The van der Waals surface area contributed by atoms with Gasteiger partial charge in [-0.25, -0.2) is 0 Å². The molecular formula is C17H26Cl2N4O2. The highest BCUT2D eigenvalue weighted by molar-refractivity contribution is 5.92. The molecule has 0 spiro atoms. The molecule has 0 aromatic heterocycles. The van der Waals surface area contributed by atoms with Crippen LogP contribution in [0.3, 0.4) is 0 Å². The summed E-state index contributed by atoms with van der Waals surface area (Å²) in [5, 5.41) is 2.66. The van der Waals surface area contributed by atoms with Crippen molar-refractivity contribution in [2.45, 2.75) is 24.9 Å². The highest BCUT2D eigenvalue weighted by Crippen LogP contribution is 2.31. The molecule has 2 fully saturated rings. The lowest BCUT2D eigenvalue weighted by atomic mass is 10.2. The second-order valence-corrected chi connectivity index (χ2v) is 6.48. The molecule has 8 heteroatoms. The lowest BCUT2D eigenvalue weighted by Crippen LogP contribution is -2.52. The SMILES string of the molecule is Cl.Cl.NC1(C(=O)NCC(=O)N2CCN(Cc3ccccc3)CC2)CC1. The fourth-order valence-corrected chi connectivity index (χ4v) is 2.80. The van der Waals surface area contributed by atoms with Crippen LogP contribution in [0.2, 0.25) is 0 Å².